The van der Waals surface area contributed by atoms with Gasteiger partial charge in [-0.15, -0.1) is 11.3 Å². The van der Waals surface area contributed by atoms with Gasteiger partial charge in [-0.25, -0.2) is 9.78 Å². The lowest BCUT2D eigenvalue weighted by atomic mass is 9.98. The molecule has 0 bridgehead atoms. The van der Waals surface area contributed by atoms with Crippen LogP contribution in [0.1, 0.15) is 37.8 Å². The van der Waals surface area contributed by atoms with Crippen molar-refractivity contribution in [2.45, 2.75) is 39.2 Å². The molecular weight excluding hydrogens is 346 g/mol. The van der Waals surface area contributed by atoms with Gasteiger partial charge >= 0.3 is 6.09 Å². The fourth-order valence-electron chi connectivity index (χ4n) is 3.10. The Kier molecular flexibility index (Phi) is 5.08. The summed E-state index contributed by atoms with van der Waals surface area (Å²) in [5.41, 5.74) is 2.69. The van der Waals surface area contributed by atoms with Gasteiger partial charge in [-0.1, -0.05) is 19.1 Å². The van der Waals surface area contributed by atoms with Crippen LogP contribution in [0, 0.1) is 5.92 Å². The summed E-state index contributed by atoms with van der Waals surface area (Å²) in [6, 6.07) is 6.10. The average molecular weight is 374 g/mol. The summed E-state index contributed by atoms with van der Waals surface area (Å²) in [5.74, 6) is 0.345. The Balaban J connectivity index is 1.93. The number of aromatic nitrogens is 1. The molecule has 1 aromatic carbocycles. The SMILES string of the molecule is C[C@H]1CC=C(c2ccc3sc(CC(C)(C)N(C)C)nc3c2)N(C(=O)O)C1. The van der Waals surface area contributed by atoms with E-state index in [0.717, 1.165) is 39.3 Å². The number of hydrogen-bond donors (Lipinski definition) is 1. The van der Waals surface area contributed by atoms with Gasteiger partial charge in [0.2, 0.25) is 0 Å². The number of nitrogens with zero attached hydrogens (tertiary/aromatic N) is 3. The number of benzene rings is 1. The summed E-state index contributed by atoms with van der Waals surface area (Å²) in [7, 11) is 4.17. The maximum atomic E-state index is 11.6. The van der Waals surface area contributed by atoms with Crippen molar-refractivity contribution in [3.05, 3.63) is 34.8 Å². The number of allylic oxidation sites excluding steroid dienone is 1. The number of carbonyl (C=O) groups is 1. The summed E-state index contributed by atoms with van der Waals surface area (Å²) in [6.45, 7) is 7.04. The Morgan fingerprint density at radius 3 is 2.81 bits per heavy atom. The highest BCUT2D eigenvalue weighted by Crippen LogP contribution is 2.32. The zero-order valence-corrected chi connectivity index (χ0v) is 16.9. The molecule has 5 nitrogen and oxygen atoms in total. The van der Waals surface area contributed by atoms with Crippen molar-refractivity contribution < 1.29 is 9.90 Å². The van der Waals surface area contributed by atoms with Crippen molar-refractivity contribution in [3.8, 4) is 0 Å². The van der Waals surface area contributed by atoms with E-state index in [9.17, 15) is 9.90 Å². The smallest absolute Gasteiger partial charge is 0.411 e. The predicted octanol–water partition coefficient (Wildman–Crippen LogP) is 4.54. The molecule has 0 aliphatic carbocycles. The van der Waals surface area contributed by atoms with Crippen LogP contribution in [0.25, 0.3) is 15.9 Å². The molecule has 1 aromatic heterocycles. The standard InChI is InChI=1S/C20H27N3O2S/c1-13-6-8-16(23(12-13)19(24)25)14-7-9-17-15(10-14)21-18(26-17)11-20(2,3)22(4)5/h7-10,13H,6,11-12H2,1-5H3,(H,24,25)/t13-/m0/s1. The molecule has 1 aliphatic rings. The van der Waals surface area contributed by atoms with Crippen LogP contribution < -0.4 is 0 Å². The third-order valence-electron chi connectivity index (χ3n) is 5.25. The van der Waals surface area contributed by atoms with Crippen LogP contribution in [-0.4, -0.2) is 52.2 Å². The summed E-state index contributed by atoms with van der Waals surface area (Å²) in [4.78, 5) is 20.1. The molecule has 140 valence electrons. The van der Waals surface area contributed by atoms with E-state index < -0.39 is 6.09 Å². The maximum absolute atomic E-state index is 11.6. The third-order valence-corrected chi connectivity index (χ3v) is 6.29. The van der Waals surface area contributed by atoms with Crippen molar-refractivity contribution >= 4 is 33.3 Å². The fourth-order valence-corrected chi connectivity index (χ4v) is 4.27. The zero-order chi connectivity index (χ0) is 19.1. The van der Waals surface area contributed by atoms with Crippen molar-refractivity contribution in [1.82, 2.24) is 14.8 Å². The lowest BCUT2D eigenvalue weighted by Crippen LogP contribution is -2.40. The molecule has 26 heavy (non-hydrogen) atoms. The molecule has 0 spiro atoms. The molecule has 0 unspecified atom stereocenters. The van der Waals surface area contributed by atoms with Crippen LogP contribution >= 0.6 is 11.3 Å². The minimum Gasteiger partial charge on any atom is -0.465 e. The van der Waals surface area contributed by atoms with Gasteiger partial charge in [0, 0.05) is 24.1 Å². The second-order valence-corrected chi connectivity index (χ2v) is 9.11. The topological polar surface area (TPSA) is 56.7 Å². The normalized spacial score (nSPS) is 18.5. The summed E-state index contributed by atoms with van der Waals surface area (Å²) >= 11 is 1.72. The first-order valence-electron chi connectivity index (χ1n) is 8.95. The van der Waals surface area contributed by atoms with E-state index in [2.05, 4.69) is 45.8 Å². The number of thiazole rings is 1. The Morgan fingerprint density at radius 1 is 1.42 bits per heavy atom. The van der Waals surface area contributed by atoms with Crippen molar-refractivity contribution in [3.63, 3.8) is 0 Å². The molecule has 0 saturated carbocycles. The van der Waals surface area contributed by atoms with Gasteiger partial charge in [-0.2, -0.15) is 0 Å². The second-order valence-electron chi connectivity index (χ2n) is 8.00. The van der Waals surface area contributed by atoms with Crippen LogP contribution in [0.5, 0.6) is 0 Å². The van der Waals surface area contributed by atoms with Crippen LogP contribution in [-0.2, 0) is 6.42 Å². The van der Waals surface area contributed by atoms with E-state index in [1.807, 2.05) is 18.2 Å². The molecule has 3 rings (SSSR count). The van der Waals surface area contributed by atoms with E-state index in [1.165, 1.54) is 4.90 Å². The molecule has 1 atom stereocenters. The molecule has 2 heterocycles. The van der Waals surface area contributed by atoms with Crippen molar-refractivity contribution in [1.29, 1.82) is 0 Å². The Labute approximate surface area is 158 Å². The second kappa shape index (κ2) is 7.00. The van der Waals surface area contributed by atoms with E-state index in [-0.39, 0.29) is 5.54 Å². The summed E-state index contributed by atoms with van der Waals surface area (Å²) in [5, 5.41) is 10.7. The largest absolute Gasteiger partial charge is 0.465 e. The molecule has 1 aliphatic heterocycles. The maximum Gasteiger partial charge on any atom is 0.411 e. The molecule has 6 heteroatoms. The minimum absolute atomic E-state index is 0.0405. The number of fused-ring (bicyclic) bond motifs is 1. The monoisotopic (exact) mass is 373 g/mol. The van der Waals surface area contributed by atoms with Gasteiger partial charge in [-0.05, 0) is 52.4 Å². The fraction of sp³-hybridized carbons (Fsp3) is 0.500. The number of hydrogen-bond acceptors (Lipinski definition) is 4. The summed E-state index contributed by atoms with van der Waals surface area (Å²) in [6.07, 6.45) is 2.92. The number of likely N-dealkylation sites (N-methyl/N-ethyl adjacent to an activating group) is 1. The Morgan fingerprint density at radius 2 is 2.15 bits per heavy atom. The number of rotatable bonds is 4. The number of amides is 1. The van der Waals surface area contributed by atoms with Gasteiger partial charge in [0.25, 0.3) is 0 Å². The van der Waals surface area contributed by atoms with Gasteiger partial charge in [0.15, 0.2) is 0 Å². The van der Waals surface area contributed by atoms with Crippen molar-refractivity contribution in [2.75, 3.05) is 20.6 Å². The molecule has 0 radical (unpaired) electrons. The van der Waals surface area contributed by atoms with Gasteiger partial charge in [0.1, 0.15) is 0 Å². The minimum atomic E-state index is -0.894. The predicted molar refractivity (Wildman–Crippen MR) is 108 cm³/mol. The van der Waals surface area contributed by atoms with E-state index in [0.29, 0.717) is 12.5 Å². The van der Waals surface area contributed by atoms with Gasteiger partial charge < -0.3 is 10.0 Å². The summed E-state index contributed by atoms with van der Waals surface area (Å²) < 4.78 is 1.14. The lowest BCUT2D eigenvalue weighted by Gasteiger charge is -2.31. The molecule has 0 fully saturated rings. The lowest BCUT2D eigenvalue weighted by molar-refractivity contribution is 0.159. The molecule has 1 N–H and O–H groups in total. The molecule has 1 amide bonds. The van der Waals surface area contributed by atoms with Gasteiger partial charge in [0.05, 0.1) is 20.9 Å². The van der Waals surface area contributed by atoms with Crippen LogP contribution in [0.4, 0.5) is 4.79 Å². The van der Waals surface area contributed by atoms with E-state index in [4.69, 9.17) is 4.98 Å². The zero-order valence-electron chi connectivity index (χ0n) is 16.1. The Bertz CT molecular complexity index is 854. The first-order valence-corrected chi connectivity index (χ1v) is 9.77. The third kappa shape index (κ3) is 3.76. The van der Waals surface area contributed by atoms with Crippen LogP contribution in [0.3, 0.4) is 0 Å². The highest BCUT2D eigenvalue weighted by Gasteiger charge is 2.26. The molecule has 2 aromatic rings. The molecular formula is C20H27N3O2S. The van der Waals surface area contributed by atoms with E-state index >= 15 is 0 Å². The quantitative estimate of drug-likeness (QED) is 0.855. The average Bonchev–Trinajstić information content (AvgIpc) is 2.94. The first-order chi connectivity index (χ1) is 12.2. The number of carboxylic acid groups (broad SMARTS) is 1. The highest BCUT2D eigenvalue weighted by molar-refractivity contribution is 7.18. The molecule has 0 saturated heterocycles. The van der Waals surface area contributed by atoms with Crippen LogP contribution in [0.15, 0.2) is 24.3 Å². The van der Waals surface area contributed by atoms with Gasteiger partial charge in [-0.3, -0.25) is 4.90 Å². The highest BCUT2D eigenvalue weighted by atomic mass is 32.1. The van der Waals surface area contributed by atoms with Crippen molar-refractivity contribution in [2.24, 2.45) is 5.92 Å². The van der Waals surface area contributed by atoms with Crippen LogP contribution in [0.2, 0.25) is 0 Å². The van der Waals surface area contributed by atoms with E-state index in [1.54, 1.807) is 11.3 Å². The first kappa shape index (κ1) is 18.9. The Hall–Kier alpha value is -1.92.